The highest BCUT2D eigenvalue weighted by molar-refractivity contribution is 5.77. The third kappa shape index (κ3) is 7.19. The van der Waals surface area contributed by atoms with Crippen molar-refractivity contribution < 1.29 is 19.1 Å². The zero-order valence-corrected chi connectivity index (χ0v) is 13.1. The predicted octanol–water partition coefficient (Wildman–Crippen LogP) is 3.48. The van der Waals surface area contributed by atoms with Crippen LogP contribution in [0.15, 0.2) is 0 Å². The molecular weight excluding hydrogens is 244 g/mol. The van der Waals surface area contributed by atoms with Crippen molar-refractivity contribution in [1.29, 1.82) is 0 Å². The van der Waals surface area contributed by atoms with Gasteiger partial charge in [0.25, 0.3) is 0 Å². The summed E-state index contributed by atoms with van der Waals surface area (Å²) in [6.45, 7) is 11.3. The van der Waals surface area contributed by atoms with Gasteiger partial charge in [0.2, 0.25) is 0 Å². The lowest BCUT2D eigenvalue weighted by molar-refractivity contribution is -0.160. The van der Waals surface area contributed by atoms with Crippen LogP contribution in [-0.4, -0.2) is 24.1 Å². The number of rotatable bonds is 8. The van der Waals surface area contributed by atoms with Gasteiger partial charge in [0.1, 0.15) is 0 Å². The van der Waals surface area contributed by atoms with Crippen molar-refractivity contribution >= 4 is 11.9 Å². The highest BCUT2D eigenvalue weighted by Crippen LogP contribution is 2.25. The maximum Gasteiger partial charge on any atom is 0.311 e. The maximum absolute atomic E-state index is 12.0. The van der Waals surface area contributed by atoms with Gasteiger partial charge in [-0.15, -0.1) is 0 Å². The molecule has 0 radical (unpaired) electrons. The fourth-order valence-corrected chi connectivity index (χ4v) is 1.31. The van der Waals surface area contributed by atoms with Crippen molar-refractivity contribution in [3.05, 3.63) is 0 Å². The second kappa shape index (κ2) is 8.18. The van der Waals surface area contributed by atoms with E-state index in [2.05, 4.69) is 0 Å². The fourth-order valence-electron chi connectivity index (χ4n) is 1.31. The minimum absolute atomic E-state index is 0.0670. The molecule has 0 aliphatic heterocycles. The van der Waals surface area contributed by atoms with Crippen LogP contribution < -0.4 is 0 Å². The summed E-state index contributed by atoms with van der Waals surface area (Å²) in [6.07, 6.45) is 2.12. The van der Waals surface area contributed by atoms with Crippen molar-refractivity contribution in [2.75, 3.05) is 0 Å². The first-order valence-corrected chi connectivity index (χ1v) is 7.13. The van der Waals surface area contributed by atoms with Crippen LogP contribution in [0.5, 0.6) is 0 Å². The third-order valence-electron chi connectivity index (χ3n) is 3.30. The lowest BCUT2D eigenvalue weighted by Gasteiger charge is -2.24. The van der Waals surface area contributed by atoms with Gasteiger partial charge < -0.3 is 9.47 Å². The summed E-state index contributed by atoms with van der Waals surface area (Å²) in [4.78, 5) is 23.5. The summed E-state index contributed by atoms with van der Waals surface area (Å²) in [7, 11) is 0. The average Bonchev–Trinajstić information content (AvgIpc) is 2.35. The Morgan fingerprint density at radius 2 is 1.47 bits per heavy atom. The molecule has 0 bridgehead atoms. The Kier molecular flexibility index (Phi) is 7.72. The first-order chi connectivity index (χ1) is 8.72. The SMILES string of the molecule is CCC(C)OC(=O)CCC(C)(C)C(=O)OC(C)CC. The van der Waals surface area contributed by atoms with E-state index in [0.29, 0.717) is 6.42 Å². The van der Waals surface area contributed by atoms with Gasteiger partial charge in [-0.1, -0.05) is 13.8 Å². The van der Waals surface area contributed by atoms with Crippen LogP contribution in [0.4, 0.5) is 0 Å². The standard InChI is InChI=1S/C15H28O4/c1-7-11(3)18-13(16)9-10-15(5,6)14(17)19-12(4)8-2/h11-12H,7-10H2,1-6H3. The zero-order chi connectivity index (χ0) is 15.1. The first-order valence-electron chi connectivity index (χ1n) is 7.13. The van der Waals surface area contributed by atoms with Gasteiger partial charge in [-0.2, -0.15) is 0 Å². The number of hydrogen-bond acceptors (Lipinski definition) is 4. The molecule has 4 heteroatoms. The number of ether oxygens (including phenoxy) is 2. The lowest BCUT2D eigenvalue weighted by atomic mass is 9.88. The monoisotopic (exact) mass is 272 g/mol. The van der Waals surface area contributed by atoms with Crippen molar-refractivity contribution in [3.63, 3.8) is 0 Å². The summed E-state index contributed by atoms with van der Waals surface area (Å²) in [5.41, 5.74) is -0.655. The molecular formula is C15H28O4. The maximum atomic E-state index is 12.0. The first kappa shape index (κ1) is 17.9. The Bertz CT molecular complexity index is 297. The van der Waals surface area contributed by atoms with Gasteiger partial charge >= 0.3 is 11.9 Å². The molecule has 0 aliphatic carbocycles. The number of carbonyl (C=O) groups excluding carboxylic acids is 2. The summed E-state index contributed by atoms with van der Waals surface area (Å²) < 4.78 is 10.5. The van der Waals surface area contributed by atoms with Crippen LogP contribution in [0, 0.1) is 5.41 Å². The van der Waals surface area contributed by atoms with E-state index in [-0.39, 0.29) is 30.6 Å². The number of esters is 2. The fraction of sp³-hybridized carbons (Fsp3) is 0.867. The summed E-state index contributed by atoms with van der Waals surface area (Å²) in [6, 6.07) is 0. The van der Waals surface area contributed by atoms with E-state index in [4.69, 9.17) is 9.47 Å². The van der Waals surface area contributed by atoms with Crippen LogP contribution in [0.1, 0.15) is 67.2 Å². The van der Waals surface area contributed by atoms with Crippen LogP contribution in [0.2, 0.25) is 0 Å². The Hall–Kier alpha value is -1.06. The Morgan fingerprint density at radius 3 is 1.95 bits per heavy atom. The second-order valence-corrected chi connectivity index (χ2v) is 5.72. The van der Waals surface area contributed by atoms with Gasteiger partial charge in [-0.25, -0.2) is 0 Å². The largest absolute Gasteiger partial charge is 0.463 e. The highest BCUT2D eigenvalue weighted by Gasteiger charge is 2.31. The quantitative estimate of drug-likeness (QED) is 0.635. The van der Waals surface area contributed by atoms with Crippen molar-refractivity contribution in [2.45, 2.75) is 79.4 Å². The van der Waals surface area contributed by atoms with Gasteiger partial charge in [-0.3, -0.25) is 9.59 Å². The van der Waals surface area contributed by atoms with Gasteiger partial charge in [0, 0.05) is 6.42 Å². The minimum atomic E-state index is -0.655. The topological polar surface area (TPSA) is 52.6 Å². The molecule has 2 atom stereocenters. The number of hydrogen-bond donors (Lipinski definition) is 0. The molecule has 0 N–H and O–H groups in total. The van der Waals surface area contributed by atoms with E-state index >= 15 is 0 Å². The molecule has 19 heavy (non-hydrogen) atoms. The third-order valence-corrected chi connectivity index (χ3v) is 3.30. The van der Waals surface area contributed by atoms with Gasteiger partial charge in [-0.05, 0) is 47.0 Å². The second-order valence-electron chi connectivity index (χ2n) is 5.72. The Morgan fingerprint density at radius 1 is 1.00 bits per heavy atom. The Balaban J connectivity index is 4.22. The number of carbonyl (C=O) groups is 2. The van der Waals surface area contributed by atoms with E-state index in [1.54, 1.807) is 13.8 Å². The molecule has 112 valence electrons. The minimum Gasteiger partial charge on any atom is -0.463 e. The smallest absolute Gasteiger partial charge is 0.311 e. The molecule has 0 spiro atoms. The molecule has 4 nitrogen and oxygen atoms in total. The molecule has 0 aromatic heterocycles. The van der Waals surface area contributed by atoms with E-state index in [0.717, 1.165) is 12.8 Å². The summed E-state index contributed by atoms with van der Waals surface area (Å²) in [5.74, 6) is -0.503. The highest BCUT2D eigenvalue weighted by atomic mass is 16.5. The van der Waals surface area contributed by atoms with Crippen LogP contribution >= 0.6 is 0 Å². The van der Waals surface area contributed by atoms with E-state index in [1.807, 2.05) is 27.7 Å². The van der Waals surface area contributed by atoms with E-state index in [9.17, 15) is 9.59 Å². The van der Waals surface area contributed by atoms with Gasteiger partial charge in [0.15, 0.2) is 0 Å². The average molecular weight is 272 g/mol. The molecule has 0 aromatic rings. The molecule has 0 aromatic carbocycles. The molecule has 0 amide bonds. The Labute approximate surface area is 116 Å². The van der Waals surface area contributed by atoms with Crippen LogP contribution in [0.3, 0.4) is 0 Å². The predicted molar refractivity (Wildman–Crippen MR) is 74.7 cm³/mol. The van der Waals surface area contributed by atoms with E-state index in [1.165, 1.54) is 0 Å². The van der Waals surface area contributed by atoms with Crippen molar-refractivity contribution in [2.24, 2.45) is 5.41 Å². The molecule has 0 saturated carbocycles. The lowest BCUT2D eigenvalue weighted by Crippen LogP contribution is -2.30. The van der Waals surface area contributed by atoms with Crippen LogP contribution in [-0.2, 0) is 19.1 Å². The normalized spacial score (nSPS) is 14.6. The molecule has 0 fully saturated rings. The molecule has 0 rings (SSSR count). The van der Waals surface area contributed by atoms with Crippen LogP contribution in [0.25, 0.3) is 0 Å². The summed E-state index contributed by atoms with van der Waals surface area (Å²) in [5, 5.41) is 0. The van der Waals surface area contributed by atoms with Crippen molar-refractivity contribution in [3.8, 4) is 0 Å². The van der Waals surface area contributed by atoms with Gasteiger partial charge in [0.05, 0.1) is 17.6 Å². The summed E-state index contributed by atoms with van der Waals surface area (Å²) >= 11 is 0. The molecule has 0 heterocycles. The zero-order valence-electron chi connectivity index (χ0n) is 13.1. The van der Waals surface area contributed by atoms with E-state index < -0.39 is 5.41 Å². The molecule has 0 saturated heterocycles. The molecule has 2 unspecified atom stereocenters. The van der Waals surface area contributed by atoms with Crippen molar-refractivity contribution in [1.82, 2.24) is 0 Å². The molecule has 0 aliphatic rings.